The van der Waals surface area contributed by atoms with Gasteiger partial charge in [0, 0.05) is 22.9 Å². The molecule has 0 unspecified atom stereocenters. The van der Waals surface area contributed by atoms with Gasteiger partial charge in [0.25, 0.3) is 0 Å². The number of methoxy groups -OCH3 is 1. The molecule has 0 aliphatic heterocycles. The minimum absolute atomic E-state index is 0.895. The monoisotopic (exact) mass is 416 g/mol. The van der Waals surface area contributed by atoms with E-state index in [0.29, 0.717) is 0 Å². The second-order valence-electron chi connectivity index (χ2n) is 7.85. The zero-order valence-corrected chi connectivity index (χ0v) is 18.2. The van der Waals surface area contributed by atoms with Crippen molar-refractivity contribution in [3.05, 3.63) is 115 Å². The summed E-state index contributed by atoms with van der Waals surface area (Å²) in [4.78, 5) is 0. The molecule has 5 rings (SSSR count). The fourth-order valence-corrected chi connectivity index (χ4v) is 4.08. The van der Waals surface area contributed by atoms with Gasteiger partial charge in [-0.2, -0.15) is 5.10 Å². The predicted octanol–water partition coefficient (Wildman–Crippen LogP) is 7.19. The van der Waals surface area contributed by atoms with Crippen molar-refractivity contribution in [1.29, 1.82) is 0 Å². The van der Waals surface area contributed by atoms with Crippen LogP contribution in [-0.2, 0) is 0 Å². The van der Waals surface area contributed by atoms with E-state index in [1.54, 1.807) is 7.11 Å². The molecule has 1 heterocycles. The molecule has 3 heteroatoms. The number of aryl methyl sites for hydroxylation is 1. The van der Waals surface area contributed by atoms with Crippen molar-refractivity contribution in [3.63, 3.8) is 0 Å². The van der Waals surface area contributed by atoms with Gasteiger partial charge in [-0.3, -0.25) is 0 Å². The number of rotatable bonds is 5. The summed E-state index contributed by atoms with van der Waals surface area (Å²) in [5.74, 6) is 0.895. The minimum Gasteiger partial charge on any atom is -0.495 e. The number of para-hydroxylation sites is 1. The number of hydrogen-bond donors (Lipinski definition) is 0. The molecule has 0 saturated carbocycles. The van der Waals surface area contributed by atoms with E-state index in [2.05, 4.69) is 78.9 Å². The van der Waals surface area contributed by atoms with Gasteiger partial charge in [-0.05, 0) is 53.4 Å². The molecule has 0 fully saturated rings. The van der Waals surface area contributed by atoms with Gasteiger partial charge in [-0.1, -0.05) is 72.8 Å². The van der Waals surface area contributed by atoms with Crippen molar-refractivity contribution in [1.82, 2.24) is 9.78 Å². The van der Waals surface area contributed by atoms with Gasteiger partial charge < -0.3 is 4.74 Å². The van der Waals surface area contributed by atoms with E-state index >= 15 is 0 Å². The van der Waals surface area contributed by atoms with Gasteiger partial charge in [-0.25, -0.2) is 4.68 Å². The van der Waals surface area contributed by atoms with Crippen LogP contribution >= 0.6 is 0 Å². The van der Waals surface area contributed by atoms with Crippen molar-refractivity contribution in [2.75, 3.05) is 7.11 Å². The topological polar surface area (TPSA) is 27.1 Å². The number of hydrogen-bond acceptors (Lipinski definition) is 2. The Bertz CT molecular complexity index is 1340. The largest absolute Gasteiger partial charge is 0.495 e. The highest BCUT2D eigenvalue weighted by Crippen LogP contribution is 2.40. The first-order chi connectivity index (χ1) is 15.7. The van der Waals surface area contributed by atoms with Crippen LogP contribution in [0.5, 0.6) is 5.75 Å². The summed E-state index contributed by atoms with van der Waals surface area (Å²) in [6.07, 6.45) is 3.97. The molecule has 0 bridgehead atoms. The Kier molecular flexibility index (Phi) is 5.30. The molecular weight excluding hydrogens is 392 g/mol. The van der Waals surface area contributed by atoms with Crippen LogP contribution in [0.1, 0.15) is 5.56 Å². The lowest BCUT2D eigenvalue weighted by molar-refractivity contribution is 0.418. The highest BCUT2D eigenvalue weighted by Gasteiger charge is 2.14. The van der Waals surface area contributed by atoms with Crippen molar-refractivity contribution in [3.8, 4) is 44.8 Å². The van der Waals surface area contributed by atoms with E-state index in [4.69, 9.17) is 4.74 Å². The normalized spacial score (nSPS) is 10.8. The van der Waals surface area contributed by atoms with Crippen LogP contribution < -0.4 is 4.74 Å². The molecule has 0 N–H and O–H groups in total. The molecule has 3 nitrogen and oxygen atoms in total. The van der Waals surface area contributed by atoms with E-state index < -0.39 is 0 Å². The Hall–Kier alpha value is -4.11. The lowest BCUT2D eigenvalue weighted by atomic mass is 9.94. The Balaban J connectivity index is 1.51. The number of nitrogens with zero attached hydrogens (tertiary/aromatic N) is 2. The third-order valence-corrected chi connectivity index (χ3v) is 5.65. The molecule has 0 spiro atoms. The van der Waals surface area contributed by atoms with E-state index in [1.165, 1.54) is 5.56 Å². The second-order valence-corrected chi connectivity index (χ2v) is 7.85. The summed E-state index contributed by atoms with van der Waals surface area (Å²) in [7, 11) is 1.74. The highest BCUT2D eigenvalue weighted by atomic mass is 16.5. The summed E-state index contributed by atoms with van der Waals surface area (Å²) in [6.45, 7) is 2.13. The first-order valence-electron chi connectivity index (χ1n) is 10.7. The van der Waals surface area contributed by atoms with Crippen LogP contribution in [0.3, 0.4) is 0 Å². The fourth-order valence-electron chi connectivity index (χ4n) is 4.08. The van der Waals surface area contributed by atoms with Crippen molar-refractivity contribution in [2.45, 2.75) is 6.92 Å². The Morgan fingerprint density at radius 3 is 1.84 bits per heavy atom. The lowest BCUT2D eigenvalue weighted by Gasteiger charge is -2.16. The molecule has 4 aromatic carbocycles. The van der Waals surface area contributed by atoms with E-state index in [0.717, 1.165) is 44.8 Å². The van der Waals surface area contributed by atoms with Crippen LogP contribution in [0.4, 0.5) is 0 Å². The smallest absolute Gasteiger partial charge is 0.134 e. The first kappa shape index (κ1) is 19.8. The predicted molar refractivity (Wildman–Crippen MR) is 131 cm³/mol. The van der Waals surface area contributed by atoms with Crippen LogP contribution in [-0.4, -0.2) is 16.9 Å². The maximum absolute atomic E-state index is 5.89. The summed E-state index contributed by atoms with van der Waals surface area (Å²) >= 11 is 0. The van der Waals surface area contributed by atoms with Crippen molar-refractivity contribution >= 4 is 0 Å². The van der Waals surface area contributed by atoms with E-state index in [9.17, 15) is 0 Å². The molecule has 5 aromatic rings. The molecule has 32 heavy (non-hydrogen) atoms. The Labute approximate surface area is 188 Å². The average molecular weight is 417 g/mol. The number of ether oxygens (including phenoxy) is 1. The molecule has 1 aromatic heterocycles. The third kappa shape index (κ3) is 3.81. The van der Waals surface area contributed by atoms with E-state index in [1.807, 2.05) is 47.3 Å². The molecule has 0 aliphatic rings. The SMILES string of the molecule is COc1c(-c2ccccc2)cc(C)cc1-c1ccc(-c2cnn(-c3ccccc3)c2)cc1. The number of aromatic nitrogens is 2. The van der Waals surface area contributed by atoms with Gasteiger partial charge >= 0.3 is 0 Å². The standard InChI is InChI=1S/C29H24N2O/c1-21-17-27(23-9-5-3-6-10-23)29(32-2)28(18-21)24-15-13-22(14-16-24)25-19-30-31(20-25)26-11-7-4-8-12-26/h3-20H,1-2H3. The van der Waals surface area contributed by atoms with Gasteiger partial charge in [-0.15, -0.1) is 0 Å². The van der Waals surface area contributed by atoms with E-state index in [-0.39, 0.29) is 0 Å². The Morgan fingerprint density at radius 1 is 0.656 bits per heavy atom. The zero-order valence-electron chi connectivity index (χ0n) is 18.2. The maximum atomic E-state index is 5.89. The quantitative estimate of drug-likeness (QED) is 0.303. The zero-order chi connectivity index (χ0) is 21.9. The number of benzene rings is 4. The molecule has 0 aliphatic carbocycles. The first-order valence-corrected chi connectivity index (χ1v) is 10.7. The molecular formula is C29H24N2O. The highest BCUT2D eigenvalue weighted by molar-refractivity contribution is 5.84. The molecule has 0 atom stereocenters. The van der Waals surface area contributed by atoms with Gasteiger partial charge in [0.05, 0.1) is 19.0 Å². The van der Waals surface area contributed by atoms with Crippen LogP contribution in [0.2, 0.25) is 0 Å². The van der Waals surface area contributed by atoms with Crippen molar-refractivity contribution in [2.24, 2.45) is 0 Å². The van der Waals surface area contributed by atoms with Crippen LogP contribution in [0.25, 0.3) is 39.1 Å². The second kappa shape index (κ2) is 8.56. The van der Waals surface area contributed by atoms with Crippen LogP contribution in [0, 0.1) is 6.92 Å². The summed E-state index contributed by atoms with van der Waals surface area (Å²) in [6, 6.07) is 33.5. The maximum Gasteiger partial charge on any atom is 0.134 e. The molecule has 156 valence electrons. The average Bonchev–Trinajstić information content (AvgIpc) is 3.35. The van der Waals surface area contributed by atoms with Gasteiger partial charge in [0.2, 0.25) is 0 Å². The molecule has 0 amide bonds. The van der Waals surface area contributed by atoms with Gasteiger partial charge in [0.1, 0.15) is 5.75 Å². The summed E-state index contributed by atoms with van der Waals surface area (Å²) in [5.41, 5.74) is 8.95. The van der Waals surface area contributed by atoms with Crippen molar-refractivity contribution < 1.29 is 4.74 Å². The molecule has 0 radical (unpaired) electrons. The Morgan fingerprint density at radius 2 is 1.22 bits per heavy atom. The fraction of sp³-hybridized carbons (Fsp3) is 0.0690. The third-order valence-electron chi connectivity index (χ3n) is 5.65. The van der Waals surface area contributed by atoms with Gasteiger partial charge in [0.15, 0.2) is 0 Å². The summed E-state index contributed by atoms with van der Waals surface area (Å²) < 4.78 is 7.80. The molecule has 0 saturated heterocycles. The minimum atomic E-state index is 0.895. The summed E-state index contributed by atoms with van der Waals surface area (Å²) in [5, 5.41) is 4.52. The van der Waals surface area contributed by atoms with Crippen LogP contribution in [0.15, 0.2) is 109 Å². The lowest BCUT2D eigenvalue weighted by Crippen LogP contribution is -1.94.